The van der Waals surface area contributed by atoms with Gasteiger partial charge in [-0.3, -0.25) is 0 Å². The molecule has 3 aliphatic rings. The summed E-state index contributed by atoms with van der Waals surface area (Å²) < 4.78 is 0. The van der Waals surface area contributed by atoms with Gasteiger partial charge >= 0.3 is 0 Å². The third kappa shape index (κ3) is 8.06. The van der Waals surface area contributed by atoms with E-state index in [1.54, 1.807) is 0 Å². The number of benzene rings is 2. The molecule has 0 bridgehead atoms. The van der Waals surface area contributed by atoms with Crippen LogP contribution >= 0.6 is 0 Å². The molecule has 5 nitrogen and oxygen atoms in total. The summed E-state index contributed by atoms with van der Waals surface area (Å²) in [6, 6.07) is 24.4. The van der Waals surface area contributed by atoms with Crippen LogP contribution in [0.25, 0.3) is 11.3 Å². The Morgan fingerprint density at radius 3 is 1.70 bits per heavy atom. The van der Waals surface area contributed by atoms with Gasteiger partial charge in [0.1, 0.15) is 0 Å². The van der Waals surface area contributed by atoms with Crippen molar-refractivity contribution in [3.8, 4) is 11.3 Å². The van der Waals surface area contributed by atoms with Crippen LogP contribution in [0.5, 0.6) is 0 Å². The first-order valence-corrected chi connectivity index (χ1v) is 18.0. The van der Waals surface area contributed by atoms with E-state index in [9.17, 15) is 10.2 Å². The molecule has 2 atom stereocenters. The zero-order chi connectivity index (χ0) is 31.8. The number of hydrogen-bond acceptors (Lipinski definition) is 5. The molecule has 2 heterocycles. The first-order valence-electron chi connectivity index (χ1n) is 18.0. The van der Waals surface area contributed by atoms with Crippen molar-refractivity contribution in [3.63, 3.8) is 0 Å². The third-order valence-electron chi connectivity index (χ3n) is 10.8. The van der Waals surface area contributed by atoms with Gasteiger partial charge in [0.25, 0.3) is 0 Å². The number of aromatic nitrogens is 1. The van der Waals surface area contributed by atoms with Gasteiger partial charge in [0.2, 0.25) is 0 Å². The fourth-order valence-corrected chi connectivity index (χ4v) is 8.14. The minimum atomic E-state index is -0.337. The average Bonchev–Trinajstić information content (AvgIpc) is 3.81. The first kappa shape index (κ1) is 36.6. The maximum absolute atomic E-state index is 9.96. The largest absolute Gasteiger partial charge is 0.393 e. The van der Waals surface area contributed by atoms with Gasteiger partial charge in [-0.15, -0.1) is 18.2 Å². The second kappa shape index (κ2) is 17.8. The second-order valence-corrected chi connectivity index (χ2v) is 13.4. The van der Waals surface area contributed by atoms with E-state index in [-0.39, 0.29) is 32.3 Å². The zero-order valence-electron chi connectivity index (χ0n) is 28.5. The first-order chi connectivity index (χ1) is 22.0. The molecule has 0 saturated heterocycles. The maximum atomic E-state index is 9.96. The van der Waals surface area contributed by atoms with Crippen molar-refractivity contribution >= 4 is 22.7 Å². The second-order valence-electron chi connectivity index (χ2n) is 13.4. The summed E-state index contributed by atoms with van der Waals surface area (Å²) in [6.45, 7) is 8.39. The van der Waals surface area contributed by atoms with Crippen LogP contribution < -0.4 is 9.80 Å². The number of rotatable bonds is 11. The van der Waals surface area contributed by atoms with E-state index in [2.05, 4.69) is 92.1 Å². The molecule has 3 aromatic rings. The summed E-state index contributed by atoms with van der Waals surface area (Å²) in [5.41, 5.74) is 7.55. The maximum Gasteiger partial charge on any atom is 0.0634 e. The van der Waals surface area contributed by atoms with Crippen molar-refractivity contribution in [2.45, 2.75) is 135 Å². The van der Waals surface area contributed by atoms with Gasteiger partial charge in [-0.2, -0.15) is 0 Å². The molecule has 46 heavy (non-hydrogen) atoms. The molecule has 0 amide bonds. The molecular formula is C40H56IrN3O2-. The van der Waals surface area contributed by atoms with Gasteiger partial charge < -0.3 is 25.0 Å². The quantitative estimate of drug-likeness (QED) is 0.189. The molecule has 1 radical (unpaired) electrons. The number of nitrogens with zero attached hydrogens (tertiary/aromatic N) is 3. The van der Waals surface area contributed by atoms with Gasteiger partial charge in [0, 0.05) is 38.4 Å². The Kier molecular flexibility index (Phi) is 14.1. The summed E-state index contributed by atoms with van der Waals surface area (Å²) in [4.78, 5) is 10.0. The van der Waals surface area contributed by atoms with Crippen LogP contribution in [0.2, 0.25) is 0 Å². The summed E-state index contributed by atoms with van der Waals surface area (Å²) in [5.74, 6) is 0.683. The molecule has 6 rings (SSSR count). The van der Waals surface area contributed by atoms with Crippen LogP contribution in [0.4, 0.5) is 22.7 Å². The Hall–Kier alpha value is -2.24. The number of para-hydroxylation sites is 2. The molecule has 2 aromatic carbocycles. The standard InChI is InChI=1S/C27H28N3.C13H28O2.Ir/c1-2-11-20(10-1)29-24-16-5-6-17-25(24)30(21-12-3-4-13-21)27-22(14-9-18-26(27)29)23-15-7-8-19-28-23;1-5-10(6-2)12(14)9-13(15)11(7-3)8-4;/h5-9,15-21H,1-4,10-13H2;10-15H,5-9H2,1-4H3;/q-1;;. The van der Waals surface area contributed by atoms with Crippen LogP contribution in [0.3, 0.4) is 0 Å². The summed E-state index contributed by atoms with van der Waals surface area (Å²) >= 11 is 0. The fraction of sp³-hybridized carbons (Fsp3) is 0.575. The van der Waals surface area contributed by atoms with Crippen LogP contribution in [-0.2, 0) is 20.1 Å². The van der Waals surface area contributed by atoms with E-state index in [1.165, 1.54) is 74.1 Å². The van der Waals surface area contributed by atoms with Crippen molar-refractivity contribution in [1.29, 1.82) is 0 Å². The van der Waals surface area contributed by atoms with E-state index in [0.717, 1.165) is 36.9 Å². The molecule has 1 aromatic heterocycles. The topological polar surface area (TPSA) is 59.8 Å². The SMILES string of the molecule is CCC(CC)C(O)CC(O)C(CC)CC.[Ir].[c-]1ccc2c(c1-c1ccccn1)N(C1CCCC1)c1ccccc1N2C1CCCC1. The predicted molar refractivity (Wildman–Crippen MR) is 189 cm³/mol. The Morgan fingerprint density at radius 1 is 0.696 bits per heavy atom. The Labute approximate surface area is 292 Å². The van der Waals surface area contributed by atoms with Crippen LogP contribution in [0, 0.1) is 17.9 Å². The average molecular weight is 803 g/mol. The van der Waals surface area contributed by atoms with Crippen molar-refractivity contribution in [2.24, 2.45) is 11.8 Å². The van der Waals surface area contributed by atoms with Crippen molar-refractivity contribution in [1.82, 2.24) is 4.98 Å². The summed E-state index contributed by atoms with van der Waals surface area (Å²) in [5, 5.41) is 19.9. The van der Waals surface area contributed by atoms with Crippen molar-refractivity contribution in [2.75, 3.05) is 9.80 Å². The van der Waals surface area contributed by atoms with Crippen LogP contribution in [-0.4, -0.2) is 39.5 Å². The Morgan fingerprint density at radius 2 is 1.20 bits per heavy atom. The number of anilines is 4. The molecule has 1 aliphatic heterocycles. The number of hydrogen-bond donors (Lipinski definition) is 2. The van der Waals surface area contributed by atoms with E-state index in [1.807, 2.05) is 12.3 Å². The normalized spacial score (nSPS) is 17.7. The molecule has 253 valence electrons. The molecule has 2 N–H and O–H groups in total. The monoisotopic (exact) mass is 803 g/mol. The number of aliphatic hydroxyl groups excluding tert-OH is 2. The van der Waals surface area contributed by atoms with E-state index < -0.39 is 0 Å². The van der Waals surface area contributed by atoms with Crippen LogP contribution in [0.15, 0.2) is 60.8 Å². The number of aliphatic hydroxyl groups is 2. The minimum Gasteiger partial charge on any atom is -0.393 e. The Bertz CT molecular complexity index is 1300. The number of pyridine rings is 1. The van der Waals surface area contributed by atoms with Crippen LogP contribution in [0.1, 0.15) is 111 Å². The molecule has 0 spiro atoms. The van der Waals surface area contributed by atoms with Gasteiger partial charge in [0.05, 0.1) is 23.6 Å². The van der Waals surface area contributed by atoms with Gasteiger partial charge in [0.15, 0.2) is 0 Å². The molecular weight excluding hydrogens is 747 g/mol. The van der Waals surface area contributed by atoms with Gasteiger partial charge in [-0.25, -0.2) is 0 Å². The smallest absolute Gasteiger partial charge is 0.0634 e. The van der Waals surface area contributed by atoms with Gasteiger partial charge in [-0.1, -0.05) is 109 Å². The minimum absolute atomic E-state index is 0. The summed E-state index contributed by atoms with van der Waals surface area (Å²) in [6.07, 6.45) is 16.1. The molecule has 2 fully saturated rings. The number of fused-ring (bicyclic) bond motifs is 2. The third-order valence-corrected chi connectivity index (χ3v) is 10.8. The zero-order valence-corrected chi connectivity index (χ0v) is 30.9. The Balaban J connectivity index is 0.000000259. The van der Waals surface area contributed by atoms with E-state index in [4.69, 9.17) is 4.98 Å². The predicted octanol–water partition coefficient (Wildman–Crippen LogP) is 9.99. The van der Waals surface area contributed by atoms with E-state index >= 15 is 0 Å². The van der Waals surface area contributed by atoms with Crippen molar-refractivity contribution in [3.05, 3.63) is 66.9 Å². The molecule has 2 aliphatic carbocycles. The molecule has 6 heteroatoms. The van der Waals surface area contributed by atoms with E-state index in [0.29, 0.717) is 30.3 Å². The summed E-state index contributed by atoms with van der Waals surface area (Å²) in [7, 11) is 0. The van der Waals surface area contributed by atoms with Crippen molar-refractivity contribution < 1.29 is 30.3 Å². The molecule has 2 unspecified atom stereocenters. The molecule has 2 saturated carbocycles. The van der Waals surface area contributed by atoms with Gasteiger partial charge in [-0.05, 0) is 79.2 Å². The fourth-order valence-electron chi connectivity index (χ4n) is 8.14.